The third-order valence-electron chi connectivity index (χ3n) is 3.63. The minimum Gasteiger partial charge on any atom is -0.460 e. The lowest BCUT2D eigenvalue weighted by Gasteiger charge is -2.11. The molecule has 0 aromatic heterocycles. The summed E-state index contributed by atoms with van der Waals surface area (Å²) in [6, 6.07) is 8.39. The van der Waals surface area contributed by atoms with Crippen molar-refractivity contribution in [1.29, 1.82) is 0 Å². The fourth-order valence-corrected chi connectivity index (χ4v) is 2.32. The smallest absolute Gasteiger partial charge is 0.334 e. The molecule has 1 rings (SSSR count). The largest absolute Gasteiger partial charge is 0.460 e. The van der Waals surface area contributed by atoms with Gasteiger partial charge in [-0.2, -0.15) is 0 Å². The molecule has 0 radical (unpaired) electrons. The Kier molecular flexibility index (Phi) is 8.57. The third-order valence-corrected chi connectivity index (χ3v) is 3.63. The van der Waals surface area contributed by atoms with Crippen molar-refractivity contribution in [3.63, 3.8) is 0 Å². The van der Waals surface area contributed by atoms with Gasteiger partial charge in [-0.15, -0.1) is 0 Å². The Morgan fingerprint density at radius 3 is 2.32 bits per heavy atom. The highest BCUT2D eigenvalue weighted by atomic mass is 16.5. The summed E-state index contributed by atoms with van der Waals surface area (Å²) in [6.45, 7) is 8.12. The Hall–Kier alpha value is -1.57. The summed E-state index contributed by atoms with van der Waals surface area (Å²) in [5.74, 6) is -0.175. The van der Waals surface area contributed by atoms with E-state index in [2.05, 4.69) is 38.1 Å². The second-order valence-electron chi connectivity index (χ2n) is 6.03. The molecule has 0 saturated heterocycles. The van der Waals surface area contributed by atoms with E-state index in [4.69, 9.17) is 4.74 Å². The van der Waals surface area contributed by atoms with Crippen molar-refractivity contribution in [2.45, 2.75) is 72.3 Å². The van der Waals surface area contributed by atoms with Crippen LogP contribution in [0.25, 0.3) is 6.08 Å². The lowest BCUT2D eigenvalue weighted by Crippen LogP contribution is -2.13. The molecule has 0 aliphatic heterocycles. The van der Waals surface area contributed by atoms with Gasteiger partial charge in [-0.05, 0) is 50.3 Å². The summed E-state index contributed by atoms with van der Waals surface area (Å²) >= 11 is 0. The second kappa shape index (κ2) is 10.2. The first kappa shape index (κ1) is 18.5. The number of carbonyl (C=O) groups excluding carboxylic acids is 1. The van der Waals surface area contributed by atoms with Gasteiger partial charge in [-0.1, -0.05) is 57.4 Å². The number of carbonyl (C=O) groups is 1. The maximum atomic E-state index is 12.3. The van der Waals surface area contributed by atoms with Crippen LogP contribution < -0.4 is 0 Å². The third kappa shape index (κ3) is 6.93. The zero-order chi connectivity index (χ0) is 16.4. The van der Waals surface area contributed by atoms with Crippen LogP contribution in [0.1, 0.15) is 70.9 Å². The normalized spacial score (nSPS) is 11.8. The van der Waals surface area contributed by atoms with E-state index in [1.54, 1.807) is 0 Å². The molecule has 2 heteroatoms. The monoisotopic (exact) mass is 302 g/mol. The number of ether oxygens (including phenoxy) is 1. The number of hydrogen-bond acceptors (Lipinski definition) is 2. The first-order valence-electron chi connectivity index (χ1n) is 8.57. The van der Waals surface area contributed by atoms with Crippen molar-refractivity contribution in [2.75, 3.05) is 0 Å². The van der Waals surface area contributed by atoms with Crippen molar-refractivity contribution in [1.82, 2.24) is 0 Å². The van der Waals surface area contributed by atoms with Crippen LogP contribution in [0.5, 0.6) is 0 Å². The highest BCUT2D eigenvalue weighted by molar-refractivity contribution is 5.93. The van der Waals surface area contributed by atoms with E-state index >= 15 is 0 Å². The standard InChI is InChI=1S/C20H30O2/c1-5-7-8-9-10-19(20(21)22-16(3)4)15-18-13-11-17(6-2)12-14-18/h11-16H,5-10H2,1-4H3. The number of aryl methyl sites for hydroxylation is 1. The van der Waals surface area contributed by atoms with Crippen LogP contribution in [0.4, 0.5) is 0 Å². The van der Waals surface area contributed by atoms with Crippen molar-refractivity contribution in [3.05, 3.63) is 41.0 Å². The Bertz CT molecular complexity index is 469. The van der Waals surface area contributed by atoms with Gasteiger partial charge < -0.3 is 4.74 Å². The zero-order valence-electron chi connectivity index (χ0n) is 14.5. The molecule has 0 aliphatic rings. The van der Waals surface area contributed by atoms with Gasteiger partial charge in [0.2, 0.25) is 0 Å². The van der Waals surface area contributed by atoms with E-state index in [-0.39, 0.29) is 12.1 Å². The molecular formula is C20H30O2. The Balaban J connectivity index is 2.81. The van der Waals surface area contributed by atoms with Crippen LogP contribution in [0, 0.1) is 0 Å². The van der Waals surface area contributed by atoms with Crippen molar-refractivity contribution in [3.8, 4) is 0 Å². The van der Waals surface area contributed by atoms with E-state index < -0.39 is 0 Å². The number of hydrogen-bond donors (Lipinski definition) is 0. The van der Waals surface area contributed by atoms with E-state index in [1.807, 2.05) is 19.9 Å². The second-order valence-corrected chi connectivity index (χ2v) is 6.03. The Morgan fingerprint density at radius 1 is 1.09 bits per heavy atom. The Labute approximate surface area is 135 Å². The summed E-state index contributed by atoms with van der Waals surface area (Å²) in [5, 5.41) is 0. The molecule has 0 N–H and O–H groups in total. The lowest BCUT2D eigenvalue weighted by atomic mass is 10.0. The first-order valence-corrected chi connectivity index (χ1v) is 8.57. The molecule has 0 amide bonds. The van der Waals surface area contributed by atoms with Gasteiger partial charge >= 0.3 is 5.97 Å². The zero-order valence-corrected chi connectivity index (χ0v) is 14.5. The van der Waals surface area contributed by atoms with Crippen molar-refractivity contribution >= 4 is 12.0 Å². The average Bonchev–Trinajstić information content (AvgIpc) is 2.50. The predicted molar refractivity (Wildman–Crippen MR) is 93.8 cm³/mol. The van der Waals surface area contributed by atoms with Crippen LogP contribution in [0.3, 0.4) is 0 Å². The Morgan fingerprint density at radius 2 is 1.77 bits per heavy atom. The van der Waals surface area contributed by atoms with Crippen LogP contribution >= 0.6 is 0 Å². The van der Waals surface area contributed by atoms with E-state index in [0.29, 0.717) is 0 Å². The summed E-state index contributed by atoms with van der Waals surface area (Å²) < 4.78 is 5.38. The molecule has 0 heterocycles. The van der Waals surface area contributed by atoms with Crippen LogP contribution in [-0.2, 0) is 16.0 Å². The average molecular weight is 302 g/mol. The summed E-state index contributed by atoms with van der Waals surface area (Å²) in [5.41, 5.74) is 3.17. The van der Waals surface area contributed by atoms with Gasteiger partial charge in [0.05, 0.1) is 6.10 Å². The molecular weight excluding hydrogens is 272 g/mol. The van der Waals surface area contributed by atoms with Gasteiger partial charge in [0.15, 0.2) is 0 Å². The molecule has 22 heavy (non-hydrogen) atoms. The van der Waals surface area contributed by atoms with E-state index in [9.17, 15) is 4.79 Å². The fourth-order valence-electron chi connectivity index (χ4n) is 2.32. The van der Waals surface area contributed by atoms with Gasteiger partial charge in [0.25, 0.3) is 0 Å². The fraction of sp³-hybridized carbons (Fsp3) is 0.550. The van der Waals surface area contributed by atoms with Gasteiger partial charge in [-0.25, -0.2) is 4.79 Å². The molecule has 0 bridgehead atoms. The highest BCUT2D eigenvalue weighted by Crippen LogP contribution is 2.17. The molecule has 122 valence electrons. The SMILES string of the molecule is CCCCCCC(=Cc1ccc(CC)cc1)C(=O)OC(C)C. The van der Waals surface area contributed by atoms with Crippen LogP contribution in [0.2, 0.25) is 0 Å². The predicted octanol–water partition coefficient (Wildman–Crippen LogP) is 5.55. The summed E-state index contributed by atoms with van der Waals surface area (Å²) in [7, 11) is 0. The minimum atomic E-state index is -0.175. The summed E-state index contributed by atoms with van der Waals surface area (Å²) in [4.78, 5) is 12.3. The van der Waals surface area contributed by atoms with Crippen LogP contribution in [-0.4, -0.2) is 12.1 Å². The first-order chi connectivity index (χ1) is 10.6. The number of rotatable bonds is 9. The highest BCUT2D eigenvalue weighted by Gasteiger charge is 2.12. The number of unbranched alkanes of at least 4 members (excludes halogenated alkanes) is 3. The maximum Gasteiger partial charge on any atom is 0.334 e. The molecule has 1 aromatic rings. The molecule has 0 fully saturated rings. The maximum absolute atomic E-state index is 12.3. The summed E-state index contributed by atoms with van der Waals surface area (Å²) in [6.07, 6.45) is 8.36. The number of benzene rings is 1. The topological polar surface area (TPSA) is 26.3 Å². The molecule has 0 unspecified atom stereocenters. The van der Waals surface area contributed by atoms with Crippen molar-refractivity contribution < 1.29 is 9.53 Å². The van der Waals surface area contributed by atoms with Crippen molar-refractivity contribution in [2.24, 2.45) is 0 Å². The molecule has 0 spiro atoms. The van der Waals surface area contributed by atoms with E-state index in [0.717, 1.165) is 36.8 Å². The molecule has 2 nitrogen and oxygen atoms in total. The molecule has 0 saturated carbocycles. The van der Waals surface area contributed by atoms with Gasteiger partial charge in [-0.3, -0.25) is 0 Å². The lowest BCUT2D eigenvalue weighted by molar-refractivity contribution is -0.142. The van der Waals surface area contributed by atoms with Gasteiger partial charge in [0.1, 0.15) is 0 Å². The number of esters is 1. The molecule has 0 atom stereocenters. The minimum absolute atomic E-state index is 0.0750. The molecule has 0 aliphatic carbocycles. The van der Waals surface area contributed by atoms with Gasteiger partial charge in [0, 0.05) is 5.57 Å². The van der Waals surface area contributed by atoms with Crippen LogP contribution in [0.15, 0.2) is 29.8 Å². The quantitative estimate of drug-likeness (QED) is 0.339. The molecule has 1 aromatic carbocycles. The van der Waals surface area contributed by atoms with E-state index in [1.165, 1.54) is 18.4 Å².